The van der Waals surface area contributed by atoms with Crippen LogP contribution in [0.2, 0.25) is 0 Å². The number of carbonyl (C=O) groups is 1. The van der Waals surface area contributed by atoms with E-state index in [0.29, 0.717) is 28.9 Å². The molecule has 6 rings (SSSR count). The van der Waals surface area contributed by atoms with Crippen molar-refractivity contribution in [3.05, 3.63) is 54.6 Å². The van der Waals surface area contributed by atoms with Crippen LogP contribution in [0.25, 0.3) is 10.9 Å². The summed E-state index contributed by atoms with van der Waals surface area (Å²) < 4.78 is 19.7. The number of carbonyl (C=O) groups excluding carboxylic acids is 1. The minimum Gasteiger partial charge on any atom is -0.497 e. The van der Waals surface area contributed by atoms with Gasteiger partial charge in [-0.25, -0.2) is 9.37 Å². The van der Waals surface area contributed by atoms with Crippen LogP contribution in [0.5, 0.6) is 5.75 Å². The average Bonchev–Trinajstić information content (AvgIpc) is 3.38. The van der Waals surface area contributed by atoms with Crippen molar-refractivity contribution in [1.29, 1.82) is 0 Å². The fourth-order valence-corrected chi connectivity index (χ4v) is 5.44. The molecule has 0 unspecified atom stereocenters. The van der Waals surface area contributed by atoms with Crippen molar-refractivity contribution in [2.45, 2.75) is 51.1 Å². The lowest BCUT2D eigenvalue weighted by Crippen LogP contribution is -2.55. The Morgan fingerprint density at radius 3 is 2.76 bits per heavy atom. The number of aromatic nitrogens is 4. The van der Waals surface area contributed by atoms with Crippen molar-refractivity contribution in [3.63, 3.8) is 0 Å². The van der Waals surface area contributed by atoms with E-state index in [-0.39, 0.29) is 11.9 Å². The number of amides is 1. The summed E-state index contributed by atoms with van der Waals surface area (Å²) in [7, 11) is 1.47. The van der Waals surface area contributed by atoms with Gasteiger partial charge in [-0.05, 0) is 44.0 Å². The summed E-state index contributed by atoms with van der Waals surface area (Å²) in [5.74, 6) is 0.769. The number of nitrogens with one attached hydrogen (secondary N) is 2. The van der Waals surface area contributed by atoms with Crippen molar-refractivity contribution in [2.24, 2.45) is 0 Å². The minimum absolute atomic E-state index is 0.152. The second-order valence-corrected chi connectivity index (χ2v) is 9.60. The molecule has 1 atom stereocenters. The highest BCUT2D eigenvalue weighted by Crippen LogP contribution is 2.43. The molecule has 1 saturated carbocycles. The summed E-state index contributed by atoms with van der Waals surface area (Å²) in [6, 6.07) is 9.83. The van der Waals surface area contributed by atoms with Gasteiger partial charge >= 0.3 is 0 Å². The van der Waals surface area contributed by atoms with Crippen molar-refractivity contribution in [2.75, 3.05) is 22.2 Å². The molecule has 4 aromatic rings. The maximum atomic E-state index is 14.5. The number of aromatic amines is 1. The summed E-state index contributed by atoms with van der Waals surface area (Å²) in [6.07, 6.45) is 8.81. The topological polar surface area (TPSA) is 99.3 Å². The largest absolute Gasteiger partial charge is 0.497 e. The Balaban J connectivity index is 1.44. The molecule has 1 fully saturated rings. The summed E-state index contributed by atoms with van der Waals surface area (Å²) in [5, 5.41) is 11.3. The van der Waals surface area contributed by atoms with E-state index in [1.165, 1.54) is 30.6 Å². The fourth-order valence-electron chi connectivity index (χ4n) is 5.44. The van der Waals surface area contributed by atoms with Gasteiger partial charge in [0.15, 0.2) is 5.82 Å². The Morgan fingerprint density at radius 1 is 1.11 bits per heavy atom. The van der Waals surface area contributed by atoms with Crippen LogP contribution in [-0.4, -0.2) is 45.3 Å². The molecular weight excluding hydrogens is 473 g/mol. The van der Waals surface area contributed by atoms with Crippen LogP contribution < -0.4 is 19.9 Å². The van der Waals surface area contributed by atoms with Crippen molar-refractivity contribution >= 4 is 45.6 Å². The summed E-state index contributed by atoms with van der Waals surface area (Å²) >= 11 is 0. The van der Waals surface area contributed by atoms with Crippen LogP contribution in [-0.2, 0) is 4.79 Å². The Morgan fingerprint density at radius 2 is 1.95 bits per heavy atom. The van der Waals surface area contributed by atoms with Gasteiger partial charge in [0.1, 0.15) is 23.3 Å². The lowest BCUT2D eigenvalue weighted by molar-refractivity contribution is -0.119. The number of benzene rings is 2. The highest BCUT2D eigenvalue weighted by Gasteiger charge is 2.41. The molecule has 37 heavy (non-hydrogen) atoms. The molecule has 0 bridgehead atoms. The van der Waals surface area contributed by atoms with Gasteiger partial charge in [-0.2, -0.15) is 10.1 Å². The number of fused-ring (bicyclic) bond motifs is 2. The van der Waals surface area contributed by atoms with Crippen molar-refractivity contribution in [3.8, 4) is 5.75 Å². The first-order valence-corrected chi connectivity index (χ1v) is 12.6. The Hall–Kier alpha value is -4.21. The van der Waals surface area contributed by atoms with Crippen LogP contribution in [0.1, 0.15) is 39.0 Å². The predicted molar refractivity (Wildman–Crippen MR) is 140 cm³/mol. The van der Waals surface area contributed by atoms with Gasteiger partial charge in [0.2, 0.25) is 5.95 Å². The van der Waals surface area contributed by atoms with E-state index in [1.807, 2.05) is 25.1 Å². The smallest absolute Gasteiger partial charge is 0.254 e. The first-order chi connectivity index (χ1) is 18.0. The second-order valence-electron chi connectivity index (χ2n) is 9.60. The van der Waals surface area contributed by atoms with E-state index in [2.05, 4.69) is 25.4 Å². The fraction of sp³-hybridized carbons (Fsp3) is 0.333. The minimum atomic E-state index is -0.486. The standard InChI is InChI=1S/C27H28FN7O2/c1-16-26(36)35(21-11-18(28)12-22(13-21)37-2)24-15-29-27(31-19-8-9-23-17(10-19)14-30-33-23)32-25(24)34(16)20-6-4-3-5-7-20/h8-16,20H,3-7H2,1-2H3,(H,30,33)(H,29,31,32)/t16-/m1/s1. The Kier molecular flexibility index (Phi) is 5.86. The maximum Gasteiger partial charge on any atom is 0.254 e. The number of hydrogen-bond donors (Lipinski definition) is 2. The molecule has 1 aliphatic heterocycles. The van der Waals surface area contributed by atoms with Gasteiger partial charge < -0.3 is 15.0 Å². The zero-order valence-corrected chi connectivity index (χ0v) is 20.7. The van der Waals surface area contributed by atoms with Gasteiger partial charge in [-0.15, -0.1) is 0 Å². The molecule has 2 N–H and O–H groups in total. The summed E-state index contributed by atoms with van der Waals surface area (Å²) in [5.41, 5.74) is 2.67. The summed E-state index contributed by atoms with van der Waals surface area (Å²) in [4.78, 5) is 26.9. The number of methoxy groups -OCH3 is 1. The quantitative estimate of drug-likeness (QED) is 0.375. The van der Waals surface area contributed by atoms with E-state index in [0.717, 1.165) is 42.3 Å². The molecule has 190 valence electrons. The van der Waals surface area contributed by atoms with Crippen LogP contribution in [0.3, 0.4) is 0 Å². The van der Waals surface area contributed by atoms with Crippen LogP contribution in [0.15, 0.2) is 48.8 Å². The third-order valence-electron chi connectivity index (χ3n) is 7.24. The summed E-state index contributed by atoms with van der Waals surface area (Å²) in [6.45, 7) is 1.89. The maximum absolute atomic E-state index is 14.5. The average molecular weight is 502 g/mol. The van der Waals surface area contributed by atoms with Crippen LogP contribution >= 0.6 is 0 Å². The molecule has 0 radical (unpaired) electrons. The van der Waals surface area contributed by atoms with E-state index < -0.39 is 11.9 Å². The normalized spacial score (nSPS) is 18.2. The van der Waals surface area contributed by atoms with Crippen LogP contribution in [0.4, 0.5) is 33.2 Å². The zero-order valence-electron chi connectivity index (χ0n) is 20.7. The second kappa shape index (κ2) is 9.34. The third-order valence-corrected chi connectivity index (χ3v) is 7.24. The molecule has 9 nitrogen and oxygen atoms in total. The molecular formula is C27H28FN7O2. The van der Waals surface area contributed by atoms with Crippen molar-refractivity contribution in [1.82, 2.24) is 20.2 Å². The first-order valence-electron chi connectivity index (χ1n) is 12.6. The molecule has 1 amide bonds. The van der Waals surface area contributed by atoms with E-state index in [9.17, 15) is 9.18 Å². The lowest BCUT2D eigenvalue weighted by Gasteiger charge is -2.45. The Labute approximate surface area is 213 Å². The number of nitrogens with zero attached hydrogens (tertiary/aromatic N) is 5. The highest BCUT2D eigenvalue weighted by molar-refractivity contribution is 6.10. The molecule has 2 aliphatic rings. The van der Waals surface area contributed by atoms with E-state index >= 15 is 0 Å². The van der Waals surface area contributed by atoms with E-state index in [4.69, 9.17) is 9.72 Å². The number of anilines is 5. The van der Waals surface area contributed by atoms with Gasteiger partial charge in [0.05, 0.1) is 30.7 Å². The monoisotopic (exact) mass is 501 g/mol. The molecule has 1 aliphatic carbocycles. The predicted octanol–water partition coefficient (Wildman–Crippen LogP) is 5.45. The number of hydrogen-bond acceptors (Lipinski definition) is 7. The molecule has 2 aromatic carbocycles. The van der Waals surface area contributed by atoms with E-state index in [1.54, 1.807) is 18.5 Å². The molecule has 2 aromatic heterocycles. The molecule has 3 heterocycles. The Bertz CT molecular complexity index is 1470. The first kappa shape index (κ1) is 23.2. The third kappa shape index (κ3) is 4.22. The van der Waals surface area contributed by atoms with Gasteiger partial charge in [0, 0.05) is 29.2 Å². The number of rotatable bonds is 5. The number of H-pyrrole nitrogens is 1. The number of halogens is 1. The number of ether oxygens (including phenoxy) is 1. The SMILES string of the molecule is COc1cc(F)cc(N2C(=O)[C@@H](C)N(C3CCCCC3)c3nc(Nc4ccc5[nH]ncc5c4)ncc32)c1. The van der Waals surface area contributed by atoms with Gasteiger partial charge in [-0.3, -0.25) is 14.8 Å². The molecule has 0 saturated heterocycles. The van der Waals surface area contributed by atoms with Gasteiger partial charge in [-0.1, -0.05) is 19.3 Å². The molecule has 10 heteroatoms. The van der Waals surface area contributed by atoms with Crippen LogP contribution in [0, 0.1) is 5.82 Å². The lowest BCUT2D eigenvalue weighted by atomic mass is 9.92. The highest BCUT2D eigenvalue weighted by atomic mass is 19.1. The zero-order chi connectivity index (χ0) is 25.5. The molecule has 0 spiro atoms. The van der Waals surface area contributed by atoms with Crippen molar-refractivity contribution < 1.29 is 13.9 Å². The van der Waals surface area contributed by atoms with Gasteiger partial charge in [0.25, 0.3) is 5.91 Å².